The first-order valence-corrected chi connectivity index (χ1v) is 20.9. The summed E-state index contributed by atoms with van der Waals surface area (Å²) in [4.78, 5) is 23.2. The van der Waals surface area contributed by atoms with E-state index in [0.29, 0.717) is 172 Å². The van der Waals surface area contributed by atoms with Crippen molar-refractivity contribution in [1.82, 2.24) is 5.32 Å². The van der Waals surface area contributed by atoms with Crippen molar-refractivity contribution < 1.29 is 75.9 Å². The molecule has 0 heterocycles. The molecule has 0 aliphatic carbocycles. The predicted octanol–water partition coefficient (Wildman–Crippen LogP) is 4.00. The summed E-state index contributed by atoms with van der Waals surface area (Å²) in [5.74, 6) is -0.148. The van der Waals surface area contributed by atoms with E-state index in [1.165, 1.54) is 25.7 Å². The summed E-state index contributed by atoms with van der Waals surface area (Å²) in [6, 6.07) is 0. The second-order valence-corrected chi connectivity index (χ2v) is 13.5. The monoisotopic (exact) mass is 830 g/mol. The highest BCUT2D eigenvalue weighted by molar-refractivity contribution is 5.69. The number of alkyl carbamates (subject to hydrolysis) is 1. The molecule has 17 heteroatoms. The van der Waals surface area contributed by atoms with Crippen LogP contribution in [0.15, 0.2) is 0 Å². The summed E-state index contributed by atoms with van der Waals surface area (Å²) in [5, 5.41) is 2.63. The Labute approximate surface area is 342 Å². The van der Waals surface area contributed by atoms with Crippen LogP contribution < -0.4 is 5.32 Å². The van der Waals surface area contributed by atoms with E-state index in [1.54, 1.807) is 0 Å². The van der Waals surface area contributed by atoms with Crippen LogP contribution in [0, 0.1) is 0 Å². The van der Waals surface area contributed by atoms with Crippen LogP contribution in [0.1, 0.15) is 72.6 Å². The first kappa shape index (κ1) is 55.3. The Morgan fingerprint density at radius 3 is 0.982 bits per heavy atom. The fraction of sp³-hybridized carbons (Fsp3) is 0.950. The van der Waals surface area contributed by atoms with Gasteiger partial charge in [-0.2, -0.15) is 0 Å². The highest BCUT2D eigenvalue weighted by atomic mass is 16.6. The largest absolute Gasteiger partial charge is 0.463 e. The van der Waals surface area contributed by atoms with Crippen molar-refractivity contribution in [2.24, 2.45) is 0 Å². The summed E-state index contributed by atoms with van der Waals surface area (Å²) in [5.41, 5.74) is -0.516. The van der Waals surface area contributed by atoms with Crippen molar-refractivity contribution >= 4 is 12.1 Å². The maximum atomic E-state index is 11.7. The van der Waals surface area contributed by atoms with Gasteiger partial charge >= 0.3 is 12.1 Å². The lowest BCUT2D eigenvalue weighted by molar-refractivity contribution is -0.145. The molecule has 0 aromatic carbocycles. The molecule has 0 fully saturated rings. The maximum absolute atomic E-state index is 11.7. The molecule has 0 rings (SSSR count). The molecule has 1 N–H and O–H groups in total. The van der Waals surface area contributed by atoms with Gasteiger partial charge in [-0.1, -0.05) is 39.0 Å². The summed E-state index contributed by atoms with van der Waals surface area (Å²) >= 11 is 0. The predicted molar refractivity (Wildman–Crippen MR) is 213 cm³/mol. The maximum Gasteiger partial charge on any atom is 0.407 e. The molecule has 0 aliphatic rings. The van der Waals surface area contributed by atoms with Crippen LogP contribution in [-0.2, 0) is 71.1 Å². The number of ether oxygens (including phenoxy) is 14. The van der Waals surface area contributed by atoms with Gasteiger partial charge in [-0.25, -0.2) is 4.79 Å². The van der Waals surface area contributed by atoms with E-state index in [4.69, 9.17) is 66.3 Å². The first-order valence-electron chi connectivity index (χ1n) is 20.9. The zero-order chi connectivity index (χ0) is 41.6. The van der Waals surface area contributed by atoms with Crippen LogP contribution in [0.4, 0.5) is 4.79 Å². The number of nitrogens with one attached hydrogen (secondary N) is 1. The Morgan fingerprint density at radius 2 is 0.667 bits per heavy atom. The Balaban J connectivity index is 3.13. The topological polar surface area (TPSA) is 175 Å². The molecule has 17 nitrogen and oxygen atoms in total. The summed E-state index contributed by atoms with van der Waals surface area (Å²) in [7, 11) is 0. The number of unbranched alkanes of at least 4 members (excludes halogenated alkanes) is 5. The smallest absolute Gasteiger partial charge is 0.407 e. The normalized spacial score (nSPS) is 11.6. The van der Waals surface area contributed by atoms with Gasteiger partial charge in [0, 0.05) is 13.0 Å². The number of esters is 1. The van der Waals surface area contributed by atoms with Crippen molar-refractivity contribution in [3.05, 3.63) is 0 Å². The van der Waals surface area contributed by atoms with Gasteiger partial charge < -0.3 is 71.6 Å². The van der Waals surface area contributed by atoms with E-state index in [9.17, 15) is 9.59 Å². The van der Waals surface area contributed by atoms with E-state index >= 15 is 0 Å². The SMILES string of the molecule is CCCCCCCCC(=O)OCCOCCOCCOCCOCCOCCOCCOCCOCCOCCOCCOCCOCCNC(=O)OC(C)(C)C. The minimum Gasteiger partial charge on any atom is -0.463 e. The highest BCUT2D eigenvalue weighted by Gasteiger charge is 2.15. The highest BCUT2D eigenvalue weighted by Crippen LogP contribution is 2.08. The van der Waals surface area contributed by atoms with Crippen LogP contribution in [0.2, 0.25) is 0 Å². The third-order valence-electron chi connectivity index (χ3n) is 7.23. The number of carbonyl (C=O) groups excluding carboxylic acids is 2. The summed E-state index contributed by atoms with van der Waals surface area (Å²) in [6.07, 6.45) is 6.93. The summed E-state index contributed by atoms with van der Waals surface area (Å²) < 4.78 is 75.9. The van der Waals surface area contributed by atoms with E-state index in [2.05, 4.69) is 12.2 Å². The quantitative estimate of drug-likeness (QED) is 0.0688. The zero-order valence-corrected chi connectivity index (χ0v) is 35.9. The number of hydrogen-bond donors (Lipinski definition) is 1. The van der Waals surface area contributed by atoms with Crippen molar-refractivity contribution in [2.75, 3.05) is 172 Å². The number of hydrogen-bond acceptors (Lipinski definition) is 16. The lowest BCUT2D eigenvalue weighted by Crippen LogP contribution is -2.34. The van der Waals surface area contributed by atoms with Crippen LogP contribution in [0.25, 0.3) is 0 Å². The molecule has 0 aromatic heterocycles. The third-order valence-corrected chi connectivity index (χ3v) is 7.23. The molecule has 0 spiro atoms. The van der Waals surface area contributed by atoms with Gasteiger partial charge in [0.2, 0.25) is 0 Å². The molecule has 57 heavy (non-hydrogen) atoms. The van der Waals surface area contributed by atoms with Gasteiger partial charge in [-0.15, -0.1) is 0 Å². The Kier molecular flexibility index (Phi) is 44.0. The lowest BCUT2D eigenvalue weighted by Gasteiger charge is -2.19. The van der Waals surface area contributed by atoms with Gasteiger partial charge in [0.25, 0.3) is 0 Å². The molecular weight excluding hydrogens is 750 g/mol. The molecule has 0 radical (unpaired) electrons. The Bertz CT molecular complexity index is 836. The van der Waals surface area contributed by atoms with E-state index < -0.39 is 11.7 Å². The van der Waals surface area contributed by atoms with Gasteiger partial charge in [-0.05, 0) is 27.2 Å². The number of amides is 1. The minimum atomic E-state index is -0.516. The van der Waals surface area contributed by atoms with E-state index in [-0.39, 0.29) is 12.6 Å². The molecule has 1 amide bonds. The standard InChI is InChI=1S/C40H79NO16/c1-5-6-7-8-9-10-11-38(42)56-37-36-55-35-34-54-33-32-53-31-30-52-29-28-51-27-26-50-25-24-49-23-22-48-21-20-47-19-18-46-17-16-45-15-14-44-13-12-41-39(43)57-40(2,3)4/h5-37H2,1-4H3,(H,41,43). The molecule has 0 saturated carbocycles. The number of rotatable bonds is 46. The molecule has 0 bridgehead atoms. The van der Waals surface area contributed by atoms with Crippen molar-refractivity contribution in [2.45, 2.75) is 78.2 Å². The summed E-state index contributed by atoms with van der Waals surface area (Å²) in [6.45, 7) is 19.6. The van der Waals surface area contributed by atoms with E-state index in [1.807, 2.05) is 20.8 Å². The van der Waals surface area contributed by atoms with Crippen LogP contribution >= 0.6 is 0 Å². The molecular formula is C40H79NO16. The second-order valence-electron chi connectivity index (χ2n) is 13.5. The minimum absolute atomic E-state index is 0.148. The van der Waals surface area contributed by atoms with Gasteiger partial charge in [0.15, 0.2) is 0 Å². The van der Waals surface area contributed by atoms with Crippen LogP contribution in [0.5, 0.6) is 0 Å². The Morgan fingerprint density at radius 1 is 0.386 bits per heavy atom. The lowest BCUT2D eigenvalue weighted by atomic mass is 10.1. The van der Waals surface area contributed by atoms with Gasteiger partial charge in [0.1, 0.15) is 12.2 Å². The molecule has 0 aliphatic heterocycles. The van der Waals surface area contributed by atoms with Crippen molar-refractivity contribution in [3.8, 4) is 0 Å². The molecule has 0 unspecified atom stereocenters. The molecule has 0 atom stereocenters. The second kappa shape index (κ2) is 45.3. The van der Waals surface area contributed by atoms with Crippen molar-refractivity contribution in [1.29, 1.82) is 0 Å². The molecule has 340 valence electrons. The zero-order valence-electron chi connectivity index (χ0n) is 35.9. The average Bonchev–Trinajstić information content (AvgIpc) is 3.17. The van der Waals surface area contributed by atoms with Crippen LogP contribution in [-0.4, -0.2) is 189 Å². The fourth-order valence-electron chi connectivity index (χ4n) is 4.40. The van der Waals surface area contributed by atoms with Gasteiger partial charge in [-0.3, -0.25) is 4.79 Å². The van der Waals surface area contributed by atoms with Crippen molar-refractivity contribution in [3.63, 3.8) is 0 Å². The molecule has 0 aromatic rings. The number of carbonyl (C=O) groups is 2. The van der Waals surface area contributed by atoms with Crippen LogP contribution in [0.3, 0.4) is 0 Å². The van der Waals surface area contributed by atoms with Gasteiger partial charge in [0.05, 0.1) is 159 Å². The molecule has 0 saturated heterocycles. The third kappa shape index (κ3) is 50.3. The first-order chi connectivity index (χ1) is 27.8. The fourth-order valence-corrected chi connectivity index (χ4v) is 4.40. The average molecular weight is 830 g/mol. The van der Waals surface area contributed by atoms with E-state index in [0.717, 1.165) is 12.8 Å². The Hall–Kier alpha value is -1.74.